The highest BCUT2D eigenvalue weighted by molar-refractivity contribution is 7.99. The standard InChI is InChI=1S/C28H39N3OS.2C4H4O4/c1-3-26(32)23-14-15-28-25(22-23)31(24-12-8-9-13-27(24)33-28)17-11-7-5-4-6-10-16-30-20-18-29(2)19-21-30;2*5-3(6)1-2-4(7)8/h8-9,12-15,22H,3-7,10-11,16-21H2,1-2H3;2*1-2H,(H,5,6)(H,7,8)/b;2*2-1-. The van der Waals surface area contributed by atoms with Crippen LogP contribution in [0.4, 0.5) is 11.4 Å². The number of rotatable bonds is 15. The van der Waals surface area contributed by atoms with Gasteiger partial charge in [0.1, 0.15) is 0 Å². The van der Waals surface area contributed by atoms with Crippen LogP contribution >= 0.6 is 11.8 Å². The highest BCUT2D eigenvalue weighted by atomic mass is 32.2. The second kappa shape index (κ2) is 22.2. The fourth-order valence-electron chi connectivity index (χ4n) is 5.12. The van der Waals surface area contributed by atoms with Crippen molar-refractivity contribution in [2.75, 3.05) is 51.2 Å². The number of carboxylic acid groups (broad SMARTS) is 4. The molecule has 2 aliphatic heterocycles. The van der Waals surface area contributed by atoms with Gasteiger partial charge in [-0.15, -0.1) is 0 Å². The monoisotopic (exact) mass is 697 g/mol. The summed E-state index contributed by atoms with van der Waals surface area (Å²) in [4.78, 5) is 60.6. The number of fused-ring (bicyclic) bond motifs is 2. The van der Waals surface area contributed by atoms with Gasteiger partial charge < -0.3 is 35.1 Å². The van der Waals surface area contributed by atoms with Gasteiger partial charge in [0.2, 0.25) is 0 Å². The quantitative estimate of drug-likeness (QED) is 0.0985. The molecule has 0 spiro atoms. The Morgan fingerprint density at radius 3 is 1.67 bits per heavy atom. The van der Waals surface area contributed by atoms with Crippen LogP contribution in [0.25, 0.3) is 0 Å². The molecule has 0 bridgehead atoms. The molecule has 0 unspecified atom stereocenters. The molecule has 2 aliphatic rings. The molecule has 0 saturated carbocycles. The lowest BCUT2D eigenvalue weighted by molar-refractivity contribution is -0.134. The number of nitrogens with zero attached hydrogens (tertiary/aromatic N) is 3. The van der Waals surface area contributed by atoms with Crippen LogP contribution in [0.2, 0.25) is 0 Å². The normalized spacial score (nSPS) is 14.2. The summed E-state index contributed by atoms with van der Waals surface area (Å²) >= 11 is 1.82. The van der Waals surface area contributed by atoms with Crippen LogP contribution in [-0.2, 0) is 19.2 Å². The fraction of sp³-hybridized carbons (Fsp3) is 0.417. The minimum atomic E-state index is -1.26. The SMILES string of the molecule is CCC(=O)c1ccc2c(c1)N(CCCCCCCCN1CCN(C)CC1)c1ccccc1S2.O=C(O)/C=C\C(=O)O.O=C(O)/C=C\C(=O)O. The van der Waals surface area contributed by atoms with Crippen molar-refractivity contribution in [3.8, 4) is 0 Å². The number of Topliss-reactive ketones (excluding diaryl/α,β-unsaturated/α-hetero) is 1. The van der Waals surface area contributed by atoms with Crippen molar-refractivity contribution in [3.63, 3.8) is 0 Å². The van der Waals surface area contributed by atoms with Crippen LogP contribution in [0.5, 0.6) is 0 Å². The van der Waals surface area contributed by atoms with E-state index in [9.17, 15) is 24.0 Å². The molecule has 12 nitrogen and oxygen atoms in total. The summed E-state index contributed by atoms with van der Waals surface area (Å²) in [5.74, 6) is -4.81. The molecule has 266 valence electrons. The van der Waals surface area contributed by atoms with Crippen molar-refractivity contribution in [1.82, 2.24) is 9.80 Å². The van der Waals surface area contributed by atoms with Crippen LogP contribution in [0.15, 0.2) is 76.6 Å². The van der Waals surface area contributed by atoms with Gasteiger partial charge in [0, 0.05) is 78.8 Å². The Balaban J connectivity index is 0.000000432. The van der Waals surface area contributed by atoms with Gasteiger partial charge in [-0.25, -0.2) is 19.2 Å². The van der Waals surface area contributed by atoms with Gasteiger partial charge in [0.25, 0.3) is 0 Å². The number of ketones is 1. The maximum absolute atomic E-state index is 12.3. The van der Waals surface area contributed by atoms with E-state index in [4.69, 9.17) is 20.4 Å². The van der Waals surface area contributed by atoms with Gasteiger partial charge >= 0.3 is 23.9 Å². The number of likely N-dealkylation sites (N-methyl/N-ethyl adjacent to an activating group) is 1. The average molecular weight is 698 g/mol. The third-order valence-corrected chi connectivity index (χ3v) is 8.84. The number of unbranched alkanes of at least 4 members (excludes halogenated alkanes) is 5. The van der Waals surface area contributed by atoms with Crippen molar-refractivity contribution in [1.29, 1.82) is 0 Å². The van der Waals surface area contributed by atoms with Crippen molar-refractivity contribution in [3.05, 3.63) is 72.3 Å². The van der Waals surface area contributed by atoms with E-state index in [1.807, 2.05) is 24.8 Å². The average Bonchev–Trinajstić information content (AvgIpc) is 3.08. The summed E-state index contributed by atoms with van der Waals surface area (Å²) in [5, 5.41) is 31.2. The topological polar surface area (TPSA) is 176 Å². The molecule has 4 rings (SSSR count). The van der Waals surface area contributed by atoms with E-state index in [0.29, 0.717) is 30.7 Å². The van der Waals surface area contributed by atoms with E-state index in [2.05, 4.69) is 58.1 Å². The zero-order valence-electron chi connectivity index (χ0n) is 28.1. The number of hydrogen-bond acceptors (Lipinski definition) is 9. The third-order valence-electron chi connectivity index (χ3n) is 7.71. The van der Waals surface area contributed by atoms with Crippen LogP contribution in [0.1, 0.15) is 62.2 Å². The molecule has 0 aliphatic carbocycles. The number of aliphatic carboxylic acids is 4. The first-order chi connectivity index (χ1) is 23.4. The van der Waals surface area contributed by atoms with Crippen LogP contribution in [0.3, 0.4) is 0 Å². The second-order valence-electron chi connectivity index (χ2n) is 11.5. The molecule has 1 saturated heterocycles. The number of carboxylic acids is 4. The molecular weight excluding hydrogens is 650 g/mol. The third kappa shape index (κ3) is 16.0. The van der Waals surface area contributed by atoms with Crippen molar-refractivity contribution in [2.24, 2.45) is 0 Å². The predicted molar refractivity (Wildman–Crippen MR) is 189 cm³/mol. The van der Waals surface area contributed by atoms with Crippen molar-refractivity contribution < 1.29 is 44.4 Å². The molecule has 4 N–H and O–H groups in total. The van der Waals surface area contributed by atoms with Gasteiger partial charge in [-0.1, -0.05) is 62.6 Å². The van der Waals surface area contributed by atoms with Gasteiger partial charge in [-0.2, -0.15) is 0 Å². The molecule has 49 heavy (non-hydrogen) atoms. The summed E-state index contributed by atoms with van der Waals surface area (Å²) in [6, 6.07) is 14.9. The van der Waals surface area contributed by atoms with Gasteiger partial charge in [0.05, 0.1) is 11.4 Å². The molecule has 0 amide bonds. The van der Waals surface area contributed by atoms with Crippen LogP contribution < -0.4 is 4.90 Å². The first-order valence-corrected chi connectivity index (χ1v) is 17.1. The summed E-state index contributed by atoms with van der Waals surface area (Å²) in [7, 11) is 2.22. The highest BCUT2D eigenvalue weighted by Crippen LogP contribution is 2.48. The molecular formula is C36H47N3O9S. The number of carbonyl (C=O) groups is 5. The Morgan fingerprint density at radius 1 is 0.653 bits per heavy atom. The number of carbonyl (C=O) groups excluding carboxylic acids is 1. The Kier molecular flexibility index (Phi) is 18.5. The smallest absolute Gasteiger partial charge is 0.328 e. The minimum absolute atomic E-state index is 0.221. The van der Waals surface area contributed by atoms with Gasteiger partial charge in [-0.3, -0.25) is 4.79 Å². The summed E-state index contributed by atoms with van der Waals surface area (Å²) < 4.78 is 0. The Labute approximate surface area is 291 Å². The number of anilines is 2. The van der Waals surface area contributed by atoms with Crippen molar-refractivity contribution >= 4 is 52.8 Å². The van der Waals surface area contributed by atoms with E-state index in [1.165, 1.54) is 92.4 Å². The van der Waals surface area contributed by atoms with Crippen LogP contribution in [-0.4, -0.2) is 106 Å². The lowest BCUT2D eigenvalue weighted by atomic mass is 10.1. The van der Waals surface area contributed by atoms with Gasteiger partial charge in [-0.05, 0) is 50.7 Å². The Bertz CT molecular complexity index is 1400. The maximum Gasteiger partial charge on any atom is 0.328 e. The maximum atomic E-state index is 12.3. The number of piperazine rings is 1. The molecule has 0 atom stereocenters. The predicted octanol–water partition coefficient (Wildman–Crippen LogP) is 5.89. The zero-order valence-corrected chi connectivity index (χ0v) is 28.9. The number of para-hydroxylation sites is 1. The molecule has 13 heteroatoms. The van der Waals surface area contributed by atoms with Gasteiger partial charge in [0.15, 0.2) is 5.78 Å². The molecule has 2 aromatic rings. The van der Waals surface area contributed by atoms with Crippen molar-refractivity contribution in [2.45, 2.75) is 61.7 Å². The number of benzene rings is 2. The van der Waals surface area contributed by atoms with E-state index >= 15 is 0 Å². The molecule has 0 aromatic heterocycles. The lowest BCUT2D eigenvalue weighted by Gasteiger charge is -2.33. The molecule has 2 aromatic carbocycles. The molecule has 1 fully saturated rings. The highest BCUT2D eigenvalue weighted by Gasteiger charge is 2.24. The first kappa shape index (κ1) is 40.7. The van der Waals surface area contributed by atoms with E-state index in [-0.39, 0.29) is 5.78 Å². The summed E-state index contributed by atoms with van der Waals surface area (Å²) in [5.41, 5.74) is 3.31. The van der Waals surface area contributed by atoms with E-state index in [1.54, 1.807) is 0 Å². The summed E-state index contributed by atoms with van der Waals surface area (Å²) in [6.45, 7) is 9.12. The summed E-state index contributed by atoms with van der Waals surface area (Å²) in [6.07, 6.45) is 10.6. The Hall–Kier alpha value is -4.46. The zero-order chi connectivity index (χ0) is 36.2. The largest absolute Gasteiger partial charge is 0.478 e. The lowest BCUT2D eigenvalue weighted by Crippen LogP contribution is -2.44. The fourth-order valence-corrected chi connectivity index (χ4v) is 6.19. The first-order valence-electron chi connectivity index (χ1n) is 16.3. The second-order valence-corrected chi connectivity index (χ2v) is 12.6. The van der Waals surface area contributed by atoms with Crippen LogP contribution in [0, 0.1) is 0 Å². The molecule has 0 radical (unpaired) electrons. The molecule has 2 heterocycles. The van der Waals surface area contributed by atoms with E-state index in [0.717, 1.165) is 12.1 Å². The minimum Gasteiger partial charge on any atom is -0.478 e. The Morgan fingerprint density at radius 2 is 1.14 bits per heavy atom. The number of hydrogen-bond donors (Lipinski definition) is 4. The van der Waals surface area contributed by atoms with E-state index < -0.39 is 23.9 Å².